The molecule has 0 amide bonds. The first-order valence-corrected chi connectivity index (χ1v) is 5.37. The van der Waals surface area contributed by atoms with Crippen LogP contribution in [0.1, 0.15) is 30.5 Å². The van der Waals surface area contributed by atoms with Crippen molar-refractivity contribution in [1.29, 1.82) is 0 Å². The van der Waals surface area contributed by atoms with E-state index in [1.807, 2.05) is 12.1 Å². The number of aryl methyl sites for hydroxylation is 1. The highest BCUT2D eigenvalue weighted by atomic mass is 19.1. The van der Waals surface area contributed by atoms with Crippen molar-refractivity contribution in [3.8, 4) is 0 Å². The quantitative estimate of drug-likeness (QED) is 0.748. The third-order valence-electron chi connectivity index (χ3n) is 3.00. The van der Waals surface area contributed by atoms with E-state index in [0.717, 1.165) is 18.4 Å². The van der Waals surface area contributed by atoms with Gasteiger partial charge in [0.25, 0.3) is 0 Å². The van der Waals surface area contributed by atoms with Crippen molar-refractivity contribution in [3.63, 3.8) is 0 Å². The van der Waals surface area contributed by atoms with Crippen LogP contribution in [0, 0.1) is 5.82 Å². The van der Waals surface area contributed by atoms with E-state index in [4.69, 9.17) is 0 Å². The maximum absolute atomic E-state index is 13.0. The van der Waals surface area contributed by atoms with Crippen LogP contribution in [0.3, 0.4) is 0 Å². The minimum Gasteiger partial charge on any atom is -0.304 e. The number of nitrogens with one attached hydrogen (secondary N) is 1. The zero-order chi connectivity index (χ0) is 10.8. The molecule has 0 saturated carbocycles. The topological polar surface area (TPSA) is 12.0 Å². The van der Waals surface area contributed by atoms with Gasteiger partial charge in [0, 0.05) is 12.1 Å². The first kappa shape index (κ1) is 10.4. The monoisotopic (exact) mass is 205 g/mol. The Balaban J connectivity index is 2.18. The van der Waals surface area contributed by atoms with Crippen molar-refractivity contribution in [2.75, 3.05) is 0 Å². The number of halogens is 1. The van der Waals surface area contributed by atoms with Crippen molar-refractivity contribution in [1.82, 2.24) is 5.32 Å². The van der Waals surface area contributed by atoms with Gasteiger partial charge in [-0.05, 0) is 43.0 Å². The van der Waals surface area contributed by atoms with Gasteiger partial charge in [0.05, 0.1) is 0 Å². The average Bonchev–Trinajstić information content (AvgIpc) is 2.60. The Morgan fingerprint density at radius 1 is 1.60 bits per heavy atom. The Kier molecular flexibility index (Phi) is 2.87. The van der Waals surface area contributed by atoms with Crippen LogP contribution < -0.4 is 5.32 Å². The van der Waals surface area contributed by atoms with Crippen LogP contribution in [0.15, 0.2) is 30.9 Å². The van der Waals surface area contributed by atoms with Crippen LogP contribution in [0.25, 0.3) is 0 Å². The van der Waals surface area contributed by atoms with Gasteiger partial charge in [0.2, 0.25) is 0 Å². The van der Waals surface area contributed by atoms with E-state index < -0.39 is 0 Å². The zero-order valence-corrected chi connectivity index (χ0v) is 8.96. The maximum Gasteiger partial charge on any atom is 0.123 e. The Hall–Kier alpha value is -1.15. The molecule has 0 heterocycles. The third-order valence-corrected chi connectivity index (χ3v) is 3.00. The third kappa shape index (κ3) is 2.10. The maximum atomic E-state index is 13.0. The molecule has 0 spiro atoms. The SMILES string of the molecule is C=CC(C)NC1CCc2cc(F)ccc21. The molecule has 0 aromatic heterocycles. The first-order valence-electron chi connectivity index (χ1n) is 5.37. The van der Waals surface area contributed by atoms with Gasteiger partial charge >= 0.3 is 0 Å². The second-order valence-electron chi connectivity index (χ2n) is 4.13. The molecular weight excluding hydrogens is 189 g/mol. The normalized spacial score (nSPS) is 21.1. The lowest BCUT2D eigenvalue weighted by molar-refractivity contribution is 0.500. The van der Waals surface area contributed by atoms with Crippen molar-refractivity contribution in [3.05, 3.63) is 47.8 Å². The molecule has 1 aromatic rings. The van der Waals surface area contributed by atoms with Crippen LogP contribution in [0.4, 0.5) is 4.39 Å². The van der Waals surface area contributed by atoms with Gasteiger partial charge in [-0.3, -0.25) is 0 Å². The molecule has 1 nitrogen and oxygen atoms in total. The van der Waals surface area contributed by atoms with Gasteiger partial charge in [0.15, 0.2) is 0 Å². The summed E-state index contributed by atoms with van der Waals surface area (Å²) in [5.41, 5.74) is 2.38. The molecule has 0 aliphatic heterocycles. The highest BCUT2D eigenvalue weighted by molar-refractivity contribution is 5.35. The van der Waals surface area contributed by atoms with E-state index in [-0.39, 0.29) is 5.82 Å². The van der Waals surface area contributed by atoms with Gasteiger partial charge < -0.3 is 5.32 Å². The summed E-state index contributed by atoms with van der Waals surface area (Å²) in [5, 5.41) is 3.46. The number of hydrogen-bond donors (Lipinski definition) is 1. The fourth-order valence-electron chi connectivity index (χ4n) is 2.14. The van der Waals surface area contributed by atoms with Gasteiger partial charge in [0.1, 0.15) is 5.82 Å². The summed E-state index contributed by atoms with van der Waals surface area (Å²) in [6.07, 6.45) is 3.91. The summed E-state index contributed by atoms with van der Waals surface area (Å²) in [7, 11) is 0. The molecule has 2 heteroatoms. The lowest BCUT2D eigenvalue weighted by Crippen LogP contribution is -2.27. The number of rotatable bonds is 3. The molecule has 2 rings (SSSR count). The van der Waals surface area contributed by atoms with Crippen LogP contribution >= 0.6 is 0 Å². The Morgan fingerprint density at radius 2 is 2.40 bits per heavy atom. The predicted octanol–water partition coefficient (Wildman–Crippen LogP) is 2.98. The van der Waals surface area contributed by atoms with E-state index in [2.05, 4.69) is 18.8 Å². The van der Waals surface area contributed by atoms with E-state index in [1.54, 1.807) is 6.07 Å². The van der Waals surface area contributed by atoms with Crippen LogP contribution in [-0.4, -0.2) is 6.04 Å². The summed E-state index contributed by atoms with van der Waals surface area (Å²) in [4.78, 5) is 0. The van der Waals surface area contributed by atoms with Crippen molar-refractivity contribution < 1.29 is 4.39 Å². The zero-order valence-electron chi connectivity index (χ0n) is 8.96. The van der Waals surface area contributed by atoms with Gasteiger partial charge in [-0.25, -0.2) is 4.39 Å². The van der Waals surface area contributed by atoms with Crippen LogP contribution in [0.5, 0.6) is 0 Å². The second kappa shape index (κ2) is 4.15. The molecule has 1 N–H and O–H groups in total. The van der Waals surface area contributed by atoms with E-state index in [0.29, 0.717) is 12.1 Å². The molecule has 0 fully saturated rings. The van der Waals surface area contributed by atoms with Gasteiger partial charge in [-0.2, -0.15) is 0 Å². The Morgan fingerprint density at radius 3 is 3.13 bits per heavy atom. The highest BCUT2D eigenvalue weighted by Gasteiger charge is 2.22. The van der Waals surface area contributed by atoms with E-state index >= 15 is 0 Å². The molecule has 80 valence electrons. The average molecular weight is 205 g/mol. The van der Waals surface area contributed by atoms with Gasteiger partial charge in [-0.15, -0.1) is 6.58 Å². The molecule has 0 saturated heterocycles. The molecule has 2 unspecified atom stereocenters. The lowest BCUT2D eigenvalue weighted by Gasteiger charge is -2.17. The van der Waals surface area contributed by atoms with Crippen molar-refractivity contribution in [2.24, 2.45) is 0 Å². The van der Waals surface area contributed by atoms with E-state index in [9.17, 15) is 4.39 Å². The summed E-state index contributed by atoms with van der Waals surface area (Å²) >= 11 is 0. The molecule has 1 aliphatic carbocycles. The number of fused-ring (bicyclic) bond motifs is 1. The summed E-state index contributed by atoms with van der Waals surface area (Å²) in [6.45, 7) is 5.83. The first-order chi connectivity index (χ1) is 7.20. The summed E-state index contributed by atoms with van der Waals surface area (Å²) < 4.78 is 13.0. The highest BCUT2D eigenvalue weighted by Crippen LogP contribution is 2.31. The van der Waals surface area contributed by atoms with Crippen molar-refractivity contribution in [2.45, 2.75) is 31.8 Å². The smallest absolute Gasteiger partial charge is 0.123 e. The fourth-order valence-corrected chi connectivity index (χ4v) is 2.14. The lowest BCUT2D eigenvalue weighted by atomic mass is 10.1. The predicted molar refractivity (Wildman–Crippen MR) is 60.3 cm³/mol. The minimum absolute atomic E-state index is 0.133. The molecule has 2 atom stereocenters. The Bertz CT molecular complexity index is 373. The molecule has 0 radical (unpaired) electrons. The summed E-state index contributed by atoms with van der Waals surface area (Å²) in [5.74, 6) is -0.133. The standard InChI is InChI=1S/C13H16FN/c1-3-9(2)15-13-7-4-10-8-11(14)5-6-12(10)13/h3,5-6,8-9,13,15H,1,4,7H2,2H3. The van der Waals surface area contributed by atoms with Crippen molar-refractivity contribution >= 4 is 0 Å². The van der Waals surface area contributed by atoms with E-state index in [1.165, 1.54) is 11.6 Å². The number of hydrogen-bond acceptors (Lipinski definition) is 1. The second-order valence-corrected chi connectivity index (χ2v) is 4.13. The van der Waals surface area contributed by atoms with Gasteiger partial charge in [-0.1, -0.05) is 12.1 Å². The molecule has 1 aromatic carbocycles. The molecule has 15 heavy (non-hydrogen) atoms. The molecular formula is C13H16FN. The van der Waals surface area contributed by atoms with Crippen LogP contribution in [0.2, 0.25) is 0 Å². The number of benzene rings is 1. The fraction of sp³-hybridized carbons (Fsp3) is 0.385. The molecule has 1 aliphatic rings. The van der Waals surface area contributed by atoms with Crippen LogP contribution in [-0.2, 0) is 6.42 Å². The minimum atomic E-state index is -0.133. The Labute approximate surface area is 90.0 Å². The largest absolute Gasteiger partial charge is 0.304 e. The molecule has 0 bridgehead atoms. The summed E-state index contributed by atoms with van der Waals surface area (Å²) in [6, 6.07) is 5.73.